The molecule has 1 heterocycles. The van der Waals surface area contributed by atoms with Gasteiger partial charge in [0.2, 0.25) is 10.0 Å². The van der Waals surface area contributed by atoms with Crippen LogP contribution in [0.3, 0.4) is 0 Å². The molecule has 0 bridgehead atoms. The van der Waals surface area contributed by atoms with E-state index < -0.39 is 10.0 Å². The molecule has 8 heteroatoms. The number of rotatable bonds is 5. The SMILES string of the molecule is O=C(COc1ccc(Cl)cc1)N1CCN(S(=O)(=O)C2CCCC2)CC1. The van der Waals surface area contributed by atoms with Crippen LogP contribution < -0.4 is 4.74 Å². The third kappa shape index (κ3) is 4.46. The molecule has 0 spiro atoms. The average molecular weight is 387 g/mol. The third-order valence-corrected chi connectivity index (χ3v) is 7.50. The fourth-order valence-corrected chi connectivity index (χ4v) is 5.51. The topological polar surface area (TPSA) is 66.9 Å². The van der Waals surface area contributed by atoms with Crippen molar-refractivity contribution in [1.29, 1.82) is 0 Å². The minimum Gasteiger partial charge on any atom is -0.484 e. The van der Waals surface area contributed by atoms with Crippen molar-refractivity contribution < 1.29 is 17.9 Å². The summed E-state index contributed by atoms with van der Waals surface area (Å²) in [7, 11) is -3.22. The highest BCUT2D eigenvalue weighted by atomic mass is 35.5. The summed E-state index contributed by atoms with van der Waals surface area (Å²) < 4.78 is 32.2. The van der Waals surface area contributed by atoms with Gasteiger partial charge in [0.15, 0.2) is 6.61 Å². The van der Waals surface area contributed by atoms with Gasteiger partial charge in [-0.3, -0.25) is 4.79 Å². The normalized spacial score (nSPS) is 20.0. The lowest BCUT2D eigenvalue weighted by Gasteiger charge is -2.35. The Labute approximate surface area is 153 Å². The maximum Gasteiger partial charge on any atom is 0.260 e. The fraction of sp³-hybridized carbons (Fsp3) is 0.588. The van der Waals surface area contributed by atoms with Crippen molar-refractivity contribution >= 4 is 27.5 Å². The first-order chi connectivity index (χ1) is 12.0. The molecule has 1 aromatic rings. The molecule has 0 aromatic heterocycles. The lowest BCUT2D eigenvalue weighted by Crippen LogP contribution is -2.53. The van der Waals surface area contributed by atoms with Crippen molar-refractivity contribution in [2.24, 2.45) is 0 Å². The Morgan fingerprint density at radius 1 is 1.08 bits per heavy atom. The van der Waals surface area contributed by atoms with Crippen LogP contribution in [0, 0.1) is 0 Å². The molecule has 1 aromatic carbocycles. The highest BCUT2D eigenvalue weighted by Crippen LogP contribution is 2.27. The first-order valence-electron chi connectivity index (χ1n) is 8.62. The number of ether oxygens (including phenoxy) is 1. The Morgan fingerprint density at radius 2 is 1.68 bits per heavy atom. The van der Waals surface area contributed by atoms with Gasteiger partial charge in [-0.1, -0.05) is 24.4 Å². The van der Waals surface area contributed by atoms with Gasteiger partial charge in [0.1, 0.15) is 5.75 Å². The number of amides is 1. The van der Waals surface area contributed by atoms with Crippen molar-refractivity contribution in [2.45, 2.75) is 30.9 Å². The van der Waals surface area contributed by atoms with Crippen LogP contribution in [-0.4, -0.2) is 61.6 Å². The molecule has 25 heavy (non-hydrogen) atoms. The molecule has 0 atom stereocenters. The number of benzene rings is 1. The summed E-state index contributed by atoms with van der Waals surface area (Å²) >= 11 is 5.81. The first-order valence-corrected chi connectivity index (χ1v) is 10.5. The summed E-state index contributed by atoms with van der Waals surface area (Å²) in [5.74, 6) is 0.452. The van der Waals surface area contributed by atoms with Gasteiger partial charge >= 0.3 is 0 Å². The Kier molecular flexibility index (Phi) is 5.86. The highest BCUT2D eigenvalue weighted by molar-refractivity contribution is 7.89. The van der Waals surface area contributed by atoms with Crippen LogP contribution in [0.1, 0.15) is 25.7 Å². The number of hydrogen-bond acceptors (Lipinski definition) is 4. The molecule has 1 aliphatic carbocycles. The molecule has 6 nitrogen and oxygen atoms in total. The summed E-state index contributed by atoms with van der Waals surface area (Å²) in [5, 5.41) is 0.376. The molecular weight excluding hydrogens is 364 g/mol. The maximum atomic E-state index is 12.6. The number of carbonyl (C=O) groups is 1. The summed E-state index contributed by atoms with van der Waals surface area (Å²) in [4.78, 5) is 13.9. The van der Waals surface area contributed by atoms with Gasteiger partial charge in [0.25, 0.3) is 5.91 Å². The van der Waals surface area contributed by atoms with Crippen LogP contribution in [0.2, 0.25) is 5.02 Å². The van der Waals surface area contributed by atoms with Gasteiger partial charge in [-0.25, -0.2) is 8.42 Å². The molecule has 3 rings (SSSR count). The van der Waals surface area contributed by atoms with Crippen LogP contribution in [0.25, 0.3) is 0 Å². The number of piperazine rings is 1. The van der Waals surface area contributed by atoms with Crippen LogP contribution in [0.5, 0.6) is 5.75 Å². The zero-order valence-electron chi connectivity index (χ0n) is 14.1. The summed E-state index contributed by atoms with van der Waals surface area (Å²) in [6.45, 7) is 1.50. The molecule has 1 saturated carbocycles. The van der Waals surface area contributed by atoms with E-state index in [-0.39, 0.29) is 17.8 Å². The Balaban J connectivity index is 1.48. The second-order valence-electron chi connectivity index (χ2n) is 6.47. The number of carbonyl (C=O) groups excluding carboxylic acids is 1. The maximum absolute atomic E-state index is 12.6. The van der Waals surface area contributed by atoms with Crippen LogP contribution in [-0.2, 0) is 14.8 Å². The molecule has 0 radical (unpaired) electrons. The van der Waals surface area contributed by atoms with Crippen molar-refractivity contribution in [3.63, 3.8) is 0 Å². The predicted octanol–water partition coefficient (Wildman–Crippen LogP) is 2.14. The Hall–Kier alpha value is -1.31. The van der Waals surface area contributed by atoms with Crippen LogP contribution >= 0.6 is 11.6 Å². The lowest BCUT2D eigenvalue weighted by atomic mass is 10.3. The zero-order chi connectivity index (χ0) is 17.9. The number of halogens is 1. The van der Waals surface area contributed by atoms with E-state index in [2.05, 4.69) is 0 Å². The van der Waals surface area contributed by atoms with Crippen molar-refractivity contribution in [3.05, 3.63) is 29.3 Å². The molecule has 1 amide bonds. The predicted molar refractivity (Wildman–Crippen MR) is 96.3 cm³/mol. The van der Waals surface area contributed by atoms with Crippen molar-refractivity contribution in [1.82, 2.24) is 9.21 Å². The number of hydrogen-bond donors (Lipinski definition) is 0. The second kappa shape index (κ2) is 7.93. The van der Waals surface area contributed by atoms with E-state index in [1.54, 1.807) is 33.5 Å². The molecule has 2 fully saturated rings. The standard InChI is InChI=1S/C17H23ClN2O4S/c18-14-5-7-15(8-6-14)24-13-17(21)19-9-11-20(12-10-19)25(22,23)16-3-1-2-4-16/h5-8,16H,1-4,9-13H2. The second-order valence-corrected chi connectivity index (χ2v) is 9.12. The smallest absolute Gasteiger partial charge is 0.260 e. The van der Waals surface area contributed by atoms with Gasteiger partial charge in [-0.15, -0.1) is 0 Å². The number of nitrogens with zero attached hydrogens (tertiary/aromatic N) is 2. The monoisotopic (exact) mass is 386 g/mol. The minimum absolute atomic E-state index is 0.0585. The summed E-state index contributed by atoms with van der Waals surface area (Å²) in [6.07, 6.45) is 3.50. The van der Waals surface area contributed by atoms with Crippen molar-refractivity contribution in [2.75, 3.05) is 32.8 Å². The van der Waals surface area contributed by atoms with Gasteiger partial charge < -0.3 is 9.64 Å². The summed E-state index contributed by atoms with van der Waals surface area (Å²) in [6, 6.07) is 6.82. The molecule has 138 valence electrons. The molecule has 1 saturated heterocycles. The van der Waals surface area contributed by atoms with Crippen LogP contribution in [0.15, 0.2) is 24.3 Å². The fourth-order valence-electron chi connectivity index (χ4n) is 3.36. The van der Waals surface area contributed by atoms with Gasteiger partial charge in [0, 0.05) is 31.2 Å². The van der Waals surface area contributed by atoms with E-state index in [1.807, 2.05) is 0 Å². The molecular formula is C17H23ClN2O4S. The average Bonchev–Trinajstić information content (AvgIpc) is 3.16. The zero-order valence-corrected chi connectivity index (χ0v) is 15.6. The van der Waals surface area contributed by atoms with Crippen LogP contribution in [0.4, 0.5) is 0 Å². The van der Waals surface area contributed by atoms with E-state index in [4.69, 9.17) is 16.3 Å². The van der Waals surface area contributed by atoms with Gasteiger partial charge in [0.05, 0.1) is 5.25 Å². The molecule has 2 aliphatic rings. The Morgan fingerprint density at radius 3 is 2.28 bits per heavy atom. The third-order valence-electron chi connectivity index (χ3n) is 4.85. The van der Waals surface area contributed by atoms with Gasteiger partial charge in [-0.2, -0.15) is 4.31 Å². The minimum atomic E-state index is -3.22. The van der Waals surface area contributed by atoms with E-state index >= 15 is 0 Å². The Bertz CT molecular complexity index is 694. The first kappa shape index (κ1) is 18.5. The lowest BCUT2D eigenvalue weighted by molar-refractivity contribution is -0.134. The molecule has 0 N–H and O–H groups in total. The van der Waals surface area contributed by atoms with E-state index in [1.165, 1.54) is 0 Å². The summed E-state index contributed by atoms with van der Waals surface area (Å²) in [5.41, 5.74) is 0. The van der Waals surface area contributed by atoms with E-state index in [0.29, 0.717) is 37.0 Å². The number of sulfonamides is 1. The van der Waals surface area contributed by atoms with Crippen molar-refractivity contribution in [3.8, 4) is 5.75 Å². The van der Waals surface area contributed by atoms with E-state index in [9.17, 15) is 13.2 Å². The molecule has 0 unspecified atom stereocenters. The molecule has 1 aliphatic heterocycles. The highest BCUT2D eigenvalue weighted by Gasteiger charge is 2.36. The van der Waals surface area contributed by atoms with E-state index in [0.717, 1.165) is 25.7 Å². The largest absolute Gasteiger partial charge is 0.484 e. The quantitative estimate of drug-likeness (QED) is 0.777. The van der Waals surface area contributed by atoms with Gasteiger partial charge in [-0.05, 0) is 37.1 Å².